The lowest BCUT2D eigenvalue weighted by molar-refractivity contribution is -0.161. The van der Waals surface area contributed by atoms with Crippen LogP contribution in [0, 0.1) is 17.3 Å². The summed E-state index contributed by atoms with van der Waals surface area (Å²) in [6.07, 6.45) is 0. The molecule has 3 aromatic rings. The topological polar surface area (TPSA) is 78.9 Å². The minimum absolute atomic E-state index is 0.0284. The fourth-order valence-corrected chi connectivity index (χ4v) is 5.91. The van der Waals surface area contributed by atoms with E-state index in [0.717, 1.165) is 5.56 Å². The van der Waals surface area contributed by atoms with Gasteiger partial charge in [-0.15, -0.1) is 0 Å². The van der Waals surface area contributed by atoms with E-state index in [-0.39, 0.29) is 6.61 Å². The molecule has 1 aliphatic heterocycles. The van der Waals surface area contributed by atoms with Crippen molar-refractivity contribution in [2.75, 3.05) is 20.8 Å². The molecule has 1 saturated heterocycles. The average Bonchev–Trinajstić information content (AvgIpc) is 3.29. The monoisotopic (exact) mass is 482 g/mol. The van der Waals surface area contributed by atoms with Gasteiger partial charge in [0.05, 0.1) is 26.7 Å². The Kier molecular flexibility index (Phi) is 6.18. The van der Waals surface area contributed by atoms with E-state index in [0.29, 0.717) is 22.3 Å². The van der Waals surface area contributed by atoms with Crippen LogP contribution in [0.1, 0.15) is 22.6 Å². The van der Waals surface area contributed by atoms with Crippen LogP contribution < -0.4 is 0 Å². The summed E-state index contributed by atoms with van der Waals surface area (Å²) >= 11 is 0. The highest BCUT2D eigenvalue weighted by Gasteiger charge is 2.69. The summed E-state index contributed by atoms with van der Waals surface area (Å²) in [5.41, 5.74) is 1.40. The summed E-state index contributed by atoms with van der Waals surface area (Å²) < 4.78 is 16.3. The molecule has 6 heteroatoms. The van der Waals surface area contributed by atoms with Gasteiger partial charge in [0.1, 0.15) is 0 Å². The summed E-state index contributed by atoms with van der Waals surface area (Å²) in [5.74, 6) is -3.89. The Morgan fingerprint density at radius 1 is 0.806 bits per heavy atom. The van der Waals surface area contributed by atoms with Crippen molar-refractivity contribution in [3.05, 3.63) is 108 Å². The average molecular weight is 483 g/mol. The van der Waals surface area contributed by atoms with Crippen LogP contribution >= 0.6 is 0 Å². The Labute approximate surface area is 209 Å². The predicted molar refractivity (Wildman–Crippen MR) is 133 cm³/mol. The first-order valence-electron chi connectivity index (χ1n) is 11.8. The van der Waals surface area contributed by atoms with Gasteiger partial charge in [0, 0.05) is 11.8 Å². The smallest absolute Gasteiger partial charge is 0.328 e. The van der Waals surface area contributed by atoms with Crippen molar-refractivity contribution >= 4 is 29.1 Å². The van der Waals surface area contributed by atoms with Crippen LogP contribution in [0.25, 0.3) is 11.1 Å². The van der Waals surface area contributed by atoms with Gasteiger partial charge in [-0.2, -0.15) is 0 Å². The third-order valence-electron chi connectivity index (χ3n) is 7.33. The summed E-state index contributed by atoms with van der Waals surface area (Å²) in [4.78, 5) is 41.2. The van der Waals surface area contributed by atoms with Gasteiger partial charge >= 0.3 is 17.9 Å². The SMILES string of the molecule is COC(=O)[C@H]1C(c2ccccc2)=C(c2ccccc2)[C@]2(C(=O)OC)C(=O)OC[C@@H]2[C@H]1c1ccccc1. The van der Waals surface area contributed by atoms with Crippen molar-refractivity contribution in [2.45, 2.75) is 5.92 Å². The van der Waals surface area contributed by atoms with Crippen LogP contribution in [-0.2, 0) is 28.6 Å². The maximum atomic E-state index is 13.8. The molecule has 0 unspecified atom stereocenters. The zero-order valence-electron chi connectivity index (χ0n) is 20.0. The number of ether oxygens (including phenoxy) is 3. The molecule has 5 rings (SSSR count). The third kappa shape index (κ3) is 3.44. The molecule has 6 nitrogen and oxygen atoms in total. The van der Waals surface area contributed by atoms with Crippen LogP contribution in [-0.4, -0.2) is 38.7 Å². The first-order chi connectivity index (χ1) is 17.6. The van der Waals surface area contributed by atoms with Crippen molar-refractivity contribution < 1.29 is 28.6 Å². The zero-order valence-corrected chi connectivity index (χ0v) is 20.0. The van der Waals surface area contributed by atoms with Crippen molar-refractivity contribution in [3.8, 4) is 0 Å². The van der Waals surface area contributed by atoms with E-state index in [9.17, 15) is 14.4 Å². The second kappa shape index (κ2) is 9.46. The maximum Gasteiger partial charge on any atom is 0.328 e. The molecule has 0 aromatic heterocycles. The fourth-order valence-electron chi connectivity index (χ4n) is 5.91. The Morgan fingerprint density at radius 2 is 1.36 bits per heavy atom. The molecule has 0 radical (unpaired) electrons. The molecule has 2 aliphatic rings. The first kappa shape index (κ1) is 23.5. The predicted octanol–water partition coefficient (Wildman–Crippen LogP) is 4.52. The van der Waals surface area contributed by atoms with E-state index in [1.807, 2.05) is 91.0 Å². The molecule has 0 saturated carbocycles. The van der Waals surface area contributed by atoms with Crippen molar-refractivity contribution in [3.63, 3.8) is 0 Å². The highest BCUT2D eigenvalue weighted by atomic mass is 16.6. The van der Waals surface area contributed by atoms with Crippen molar-refractivity contribution in [1.82, 2.24) is 0 Å². The molecule has 1 heterocycles. The number of benzene rings is 3. The van der Waals surface area contributed by atoms with Crippen LogP contribution in [0.2, 0.25) is 0 Å². The van der Waals surface area contributed by atoms with Gasteiger partial charge in [-0.3, -0.25) is 14.4 Å². The van der Waals surface area contributed by atoms with Gasteiger partial charge in [0.25, 0.3) is 0 Å². The van der Waals surface area contributed by atoms with E-state index in [2.05, 4.69) is 0 Å². The molecule has 1 fully saturated rings. The minimum Gasteiger partial charge on any atom is -0.469 e. The Hall–Kier alpha value is -4.19. The van der Waals surface area contributed by atoms with Crippen LogP contribution in [0.3, 0.4) is 0 Å². The lowest BCUT2D eigenvalue weighted by Gasteiger charge is -2.45. The lowest BCUT2D eigenvalue weighted by atomic mass is 9.53. The quantitative estimate of drug-likeness (QED) is 0.302. The van der Waals surface area contributed by atoms with Gasteiger partial charge < -0.3 is 14.2 Å². The molecule has 0 amide bonds. The number of carbonyl (C=O) groups is 3. The second-order valence-electron chi connectivity index (χ2n) is 8.96. The number of carbonyl (C=O) groups excluding carboxylic acids is 3. The number of methoxy groups -OCH3 is 2. The molecular weight excluding hydrogens is 456 g/mol. The summed E-state index contributed by atoms with van der Waals surface area (Å²) in [7, 11) is 2.63. The van der Waals surface area contributed by atoms with Gasteiger partial charge in [-0.05, 0) is 27.8 Å². The summed E-state index contributed by atoms with van der Waals surface area (Å²) in [6, 6.07) is 28.0. The number of hydrogen-bond donors (Lipinski definition) is 0. The van der Waals surface area contributed by atoms with E-state index < -0.39 is 41.1 Å². The number of rotatable bonds is 5. The van der Waals surface area contributed by atoms with Crippen LogP contribution in [0.5, 0.6) is 0 Å². The highest BCUT2D eigenvalue weighted by Crippen LogP contribution is 2.63. The molecule has 0 bridgehead atoms. The summed E-state index contributed by atoms with van der Waals surface area (Å²) in [5, 5.41) is 0. The van der Waals surface area contributed by atoms with Crippen LogP contribution in [0.15, 0.2) is 91.0 Å². The molecule has 0 N–H and O–H groups in total. The van der Waals surface area contributed by atoms with E-state index in [1.165, 1.54) is 14.2 Å². The molecule has 182 valence electrons. The Bertz CT molecular complexity index is 1320. The van der Waals surface area contributed by atoms with Gasteiger partial charge in [-0.25, -0.2) is 0 Å². The molecule has 3 aromatic carbocycles. The Balaban J connectivity index is 1.98. The largest absolute Gasteiger partial charge is 0.469 e. The molecular formula is C30H26O6. The number of hydrogen-bond acceptors (Lipinski definition) is 6. The van der Waals surface area contributed by atoms with Gasteiger partial charge in [0.2, 0.25) is 0 Å². The third-order valence-corrected chi connectivity index (χ3v) is 7.33. The number of fused-ring (bicyclic) bond motifs is 1. The summed E-state index contributed by atoms with van der Waals surface area (Å²) in [6.45, 7) is -0.0284. The molecule has 0 spiro atoms. The van der Waals surface area contributed by atoms with E-state index in [4.69, 9.17) is 14.2 Å². The fraction of sp³-hybridized carbons (Fsp3) is 0.233. The lowest BCUT2D eigenvalue weighted by Crippen LogP contribution is -2.51. The van der Waals surface area contributed by atoms with E-state index in [1.54, 1.807) is 0 Å². The van der Waals surface area contributed by atoms with Crippen molar-refractivity contribution in [1.29, 1.82) is 0 Å². The maximum absolute atomic E-state index is 13.8. The minimum atomic E-state index is -1.76. The zero-order chi connectivity index (χ0) is 25.3. The van der Waals surface area contributed by atoms with Gasteiger partial charge in [0.15, 0.2) is 5.41 Å². The normalized spacial score (nSPS) is 25.1. The molecule has 36 heavy (non-hydrogen) atoms. The second-order valence-corrected chi connectivity index (χ2v) is 8.96. The Morgan fingerprint density at radius 3 is 1.92 bits per heavy atom. The number of cyclic esters (lactones) is 1. The molecule has 1 aliphatic carbocycles. The standard InChI is InChI=1S/C30H26O6/c1-34-27(31)25-23(19-12-6-3-7-13-19)22-18-36-29(33)30(22,28(32)35-2)26(21-16-10-5-11-17-21)24(25)20-14-8-4-9-15-20/h3-17,22-23,25H,18H2,1-2H3/t22-,23-,25-,30-/m1/s1. The van der Waals surface area contributed by atoms with E-state index >= 15 is 0 Å². The van der Waals surface area contributed by atoms with Crippen molar-refractivity contribution in [2.24, 2.45) is 17.3 Å². The van der Waals surface area contributed by atoms with Crippen LogP contribution in [0.4, 0.5) is 0 Å². The molecule has 4 atom stereocenters. The highest BCUT2D eigenvalue weighted by molar-refractivity contribution is 6.20. The van der Waals surface area contributed by atoms with Gasteiger partial charge in [-0.1, -0.05) is 91.0 Å². The number of esters is 3. The first-order valence-corrected chi connectivity index (χ1v) is 11.8.